The van der Waals surface area contributed by atoms with Gasteiger partial charge in [0.2, 0.25) is 11.8 Å². The lowest BCUT2D eigenvalue weighted by molar-refractivity contribution is -0.141. The fourth-order valence-corrected chi connectivity index (χ4v) is 4.95. The van der Waals surface area contributed by atoms with E-state index in [0.29, 0.717) is 30.1 Å². The van der Waals surface area contributed by atoms with Gasteiger partial charge < -0.3 is 24.6 Å². The van der Waals surface area contributed by atoms with Gasteiger partial charge in [0.05, 0.1) is 17.7 Å². The van der Waals surface area contributed by atoms with Gasteiger partial charge >= 0.3 is 0 Å². The fourth-order valence-electron chi connectivity index (χ4n) is 4.95. The number of hydrogen-bond acceptors (Lipinski definition) is 5. The summed E-state index contributed by atoms with van der Waals surface area (Å²) in [6, 6.07) is 4.90. The lowest BCUT2D eigenvalue weighted by Crippen LogP contribution is -2.50. The van der Waals surface area contributed by atoms with Crippen LogP contribution < -0.4 is 10.1 Å². The van der Waals surface area contributed by atoms with Crippen LogP contribution in [-0.2, 0) is 14.3 Å². The van der Waals surface area contributed by atoms with E-state index in [1.807, 2.05) is 11.8 Å². The van der Waals surface area contributed by atoms with Crippen LogP contribution in [0.4, 0.5) is 5.69 Å². The van der Waals surface area contributed by atoms with Crippen LogP contribution in [0.25, 0.3) is 0 Å². The molecular weight excluding hydrogens is 434 g/mol. The van der Waals surface area contributed by atoms with Gasteiger partial charge in [-0.2, -0.15) is 0 Å². The summed E-state index contributed by atoms with van der Waals surface area (Å²) < 4.78 is 11.9. The highest BCUT2D eigenvalue weighted by Crippen LogP contribution is 2.29. The van der Waals surface area contributed by atoms with Gasteiger partial charge in [-0.15, -0.1) is 0 Å². The number of benzene rings is 1. The maximum Gasteiger partial charge on any atom is 0.257 e. The Kier molecular flexibility index (Phi) is 8.94. The Labute approximate surface area is 202 Å². The number of nitrogens with zero attached hydrogens (tertiary/aromatic N) is 2. The first-order valence-corrected chi connectivity index (χ1v) is 12.3. The molecule has 1 aliphatic carbocycles. The third-order valence-corrected chi connectivity index (χ3v) is 7.00. The summed E-state index contributed by atoms with van der Waals surface area (Å²) in [6.07, 6.45) is 5.05. The number of rotatable bonds is 3. The number of nitrogens with one attached hydrogen (secondary N) is 1. The number of methoxy groups -OCH3 is 1. The minimum Gasteiger partial charge on any atom is -0.491 e. The van der Waals surface area contributed by atoms with Crippen molar-refractivity contribution in [2.45, 2.75) is 65.0 Å². The van der Waals surface area contributed by atoms with E-state index >= 15 is 0 Å². The molecule has 1 heterocycles. The van der Waals surface area contributed by atoms with Crippen LogP contribution in [0.1, 0.15) is 63.2 Å². The average molecular weight is 474 g/mol. The zero-order chi connectivity index (χ0) is 24.8. The molecule has 34 heavy (non-hydrogen) atoms. The Hall–Kier alpha value is -2.61. The van der Waals surface area contributed by atoms with Gasteiger partial charge in [-0.3, -0.25) is 14.4 Å². The van der Waals surface area contributed by atoms with E-state index in [4.69, 9.17) is 9.47 Å². The summed E-state index contributed by atoms with van der Waals surface area (Å²) in [5, 5.41) is 2.73. The molecule has 3 amide bonds. The van der Waals surface area contributed by atoms with Gasteiger partial charge in [-0.1, -0.05) is 26.2 Å². The summed E-state index contributed by atoms with van der Waals surface area (Å²) in [5.41, 5.74) is 0.900. The van der Waals surface area contributed by atoms with Gasteiger partial charge in [0.15, 0.2) is 0 Å². The molecule has 1 saturated carbocycles. The first-order valence-electron chi connectivity index (χ1n) is 12.3. The maximum atomic E-state index is 13.6. The molecule has 0 saturated heterocycles. The Morgan fingerprint density at radius 1 is 1.12 bits per heavy atom. The Morgan fingerprint density at radius 2 is 1.82 bits per heavy atom. The molecule has 1 fully saturated rings. The number of likely N-dealkylation sites (N-methyl/N-ethyl adjacent to an activating group) is 1. The maximum absolute atomic E-state index is 13.6. The summed E-state index contributed by atoms with van der Waals surface area (Å²) in [5.74, 6) is 0.299. The van der Waals surface area contributed by atoms with Crippen molar-refractivity contribution in [2.24, 2.45) is 11.8 Å². The van der Waals surface area contributed by atoms with Gasteiger partial charge in [0, 0.05) is 51.7 Å². The van der Waals surface area contributed by atoms with Crippen molar-refractivity contribution in [1.82, 2.24) is 9.80 Å². The molecular formula is C26H39N3O5. The van der Waals surface area contributed by atoms with Gasteiger partial charge in [-0.25, -0.2) is 0 Å². The van der Waals surface area contributed by atoms with Gasteiger partial charge in [-0.05, 0) is 38.0 Å². The van der Waals surface area contributed by atoms with Crippen molar-refractivity contribution in [3.05, 3.63) is 23.8 Å². The predicted octanol–water partition coefficient (Wildman–Crippen LogP) is 3.56. The highest BCUT2D eigenvalue weighted by Gasteiger charge is 2.33. The normalized spacial score (nSPS) is 25.0. The largest absolute Gasteiger partial charge is 0.491 e. The topological polar surface area (TPSA) is 88.2 Å². The molecule has 1 aliphatic heterocycles. The molecule has 188 valence electrons. The van der Waals surface area contributed by atoms with Crippen LogP contribution in [0, 0.1) is 11.8 Å². The highest BCUT2D eigenvalue weighted by molar-refractivity contribution is 5.99. The van der Waals surface area contributed by atoms with Crippen molar-refractivity contribution in [3.63, 3.8) is 0 Å². The molecule has 3 rings (SSSR count). The monoisotopic (exact) mass is 473 g/mol. The Bertz CT molecular complexity index is 883. The molecule has 1 aromatic carbocycles. The van der Waals surface area contributed by atoms with Crippen LogP contribution >= 0.6 is 0 Å². The van der Waals surface area contributed by atoms with E-state index in [-0.39, 0.29) is 48.3 Å². The quantitative estimate of drug-likeness (QED) is 0.725. The summed E-state index contributed by atoms with van der Waals surface area (Å²) in [6.45, 7) is 6.69. The van der Waals surface area contributed by atoms with E-state index < -0.39 is 0 Å². The number of hydrogen-bond donors (Lipinski definition) is 1. The van der Waals surface area contributed by atoms with Crippen LogP contribution in [0.5, 0.6) is 5.75 Å². The van der Waals surface area contributed by atoms with E-state index in [2.05, 4.69) is 12.2 Å². The number of fused-ring (bicyclic) bond motifs is 1. The molecule has 0 unspecified atom stereocenters. The third-order valence-electron chi connectivity index (χ3n) is 7.00. The molecule has 1 aromatic rings. The fraction of sp³-hybridized carbons (Fsp3) is 0.654. The highest BCUT2D eigenvalue weighted by atomic mass is 16.5. The second-order valence-electron chi connectivity index (χ2n) is 9.81. The third kappa shape index (κ3) is 6.29. The SMILES string of the molecule is CO[C@@H]1CN(C)C(=O)c2cc(NC(C)=O)ccc2OC[C@H](C)N(C(=O)C2CCCCC2)C[C@@H]1C. The average Bonchev–Trinajstić information content (AvgIpc) is 2.83. The standard InChI is InChI=1S/C26H39N3O5/c1-17-14-29(25(31)20-9-7-6-8-10-20)18(2)16-34-23-12-11-21(27-19(3)30)13-22(23)26(32)28(4)15-24(17)33-5/h11-13,17-18,20,24H,6-10,14-16H2,1-5H3,(H,27,30)/t17-,18-,24+/m0/s1. The zero-order valence-electron chi connectivity index (χ0n) is 21.1. The minimum atomic E-state index is -0.231. The second-order valence-corrected chi connectivity index (χ2v) is 9.81. The summed E-state index contributed by atoms with van der Waals surface area (Å²) >= 11 is 0. The predicted molar refractivity (Wildman–Crippen MR) is 131 cm³/mol. The van der Waals surface area contributed by atoms with Crippen molar-refractivity contribution in [3.8, 4) is 5.75 Å². The molecule has 2 aliphatic rings. The van der Waals surface area contributed by atoms with Crippen LogP contribution in [0.3, 0.4) is 0 Å². The molecule has 0 bridgehead atoms. The first kappa shape index (κ1) is 26.0. The van der Waals surface area contributed by atoms with Gasteiger partial charge in [0.1, 0.15) is 12.4 Å². The molecule has 8 heteroatoms. The van der Waals surface area contributed by atoms with Crippen LogP contribution in [-0.4, -0.2) is 73.5 Å². The molecule has 0 spiro atoms. The van der Waals surface area contributed by atoms with Crippen molar-refractivity contribution >= 4 is 23.4 Å². The Morgan fingerprint density at radius 3 is 2.47 bits per heavy atom. The van der Waals surface area contributed by atoms with E-state index in [1.54, 1.807) is 37.3 Å². The summed E-state index contributed by atoms with van der Waals surface area (Å²) in [7, 11) is 3.38. The molecule has 1 N–H and O–H groups in total. The van der Waals surface area contributed by atoms with Crippen LogP contribution in [0.15, 0.2) is 18.2 Å². The van der Waals surface area contributed by atoms with E-state index in [0.717, 1.165) is 25.7 Å². The molecule has 0 radical (unpaired) electrons. The van der Waals surface area contributed by atoms with Crippen molar-refractivity contribution in [2.75, 3.05) is 39.2 Å². The van der Waals surface area contributed by atoms with Crippen LogP contribution in [0.2, 0.25) is 0 Å². The van der Waals surface area contributed by atoms with Crippen molar-refractivity contribution in [1.29, 1.82) is 0 Å². The summed E-state index contributed by atoms with van der Waals surface area (Å²) in [4.78, 5) is 42.0. The van der Waals surface area contributed by atoms with Crippen molar-refractivity contribution < 1.29 is 23.9 Å². The second kappa shape index (κ2) is 11.7. The minimum absolute atomic E-state index is 0.0276. The lowest BCUT2D eigenvalue weighted by atomic mass is 9.87. The molecule has 0 aromatic heterocycles. The molecule has 3 atom stereocenters. The van der Waals surface area contributed by atoms with E-state index in [1.165, 1.54) is 13.3 Å². The first-order chi connectivity index (χ1) is 16.2. The smallest absolute Gasteiger partial charge is 0.257 e. The number of carbonyl (C=O) groups excluding carboxylic acids is 3. The number of anilines is 1. The van der Waals surface area contributed by atoms with Gasteiger partial charge in [0.25, 0.3) is 5.91 Å². The molecule has 8 nitrogen and oxygen atoms in total. The number of carbonyl (C=O) groups is 3. The number of amides is 3. The lowest BCUT2D eigenvalue weighted by Gasteiger charge is -2.38. The van der Waals surface area contributed by atoms with E-state index in [9.17, 15) is 14.4 Å². The zero-order valence-corrected chi connectivity index (χ0v) is 21.1. The number of ether oxygens (including phenoxy) is 2. The Balaban J connectivity index is 1.94.